The van der Waals surface area contributed by atoms with E-state index in [9.17, 15) is 13.2 Å². The van der Waals surface area contributed by atoms with E-state index in [4.69, 9.17) is 11.5 Å². The molecule has 0 bridgehead atoms. The highest BCUT2D eigenvalue weighted by atomic mass is 32.2. The Kier molecular flexibility index (Phi) is 5.17. The number of aliphatic carboxylic acids is 1. The van der Waals surface area contributed by atoms with Crippen LogP contribution in [0.2, 0.25) is 0 Å². The number of carboxylic acid groups (broad SMARTS) is 1. The zero-order chi connectivity index (χ0) is 13.8. The molecule has 2 atom stereocenters. The maximum absolute atomic E-state index is 12.4. The minimum absolute atomic E-state index is 0.0129. The Bertz CT molecular complexity index is 437. The number of hydrogen-bond donors (Lipinski definition) is 1. The molecule has 18 heavy (non-hydrogen) atoms. The normalized spacial score (nSPS) is 24.1. The van der Waals surface area contributed by atoms with E-state index in [1.165, 1.54) is 4.31 Å². The van der Waals surface area contributed by atoms with Crippen LogP contribution in [-0.2, 0) is 14.8 Å². The molecule has 1 aliphatic carbocycles. The maximum Gasteiger partial charge on any atom is 0.307 e. The molecule has 0 heterocycles. The van der Waals surface area contributed by atoms with Gasteiger partial charge in [0.25, 0.3) is 0 Å². The largest absolute Gasteiger partial charge is 0.481 e. The molecule has 6 heteroatoms. The molecule has 0 aromatic rings. The monoisotopic (exact) mass is 273 g/mol. The van der Waals surface area contributed by atoms with E-state index in [1.54, 1.807) is 0 Å². The molecule has 1 N–H and O–H groups in total. The molecular weight excluding hydrogens is 254 g/mol. The Labute approximate surface area is 108 Å². The van der Waals surface area contributed by atoms with E-state index >= 15 is 0 Å². The molecule has 0 amide bonds. The second kappa shape index (κ2) is 6.21. The highest BCUT2D eigenvalue weighted by molar-refractivity contribution is 7.89. The van der Waals surface area contributed by atoms with Crippen molar-refractivity contribution in [3.05, 3.63) is 0 Å². The van der Waals surface area contributed by atoms with Crippen LogP contribution >= 0.6 is 0 Å². The molecule has 1 saturated carbocycles. The van der Waals surface area contributed by atoms with E-state index in [0.29, 0.717) is 32.2 Å². The van der Waals surface area contributed by atoms with E-state index in [0.717, 1.165) is 0 Å². The van der Waals surface area contributed by atoms with Gasteiger partial charge in [-0.2, -0.15) is 4.31 Å². The van der Waals surface area contributed by atoms with Crippen LogP contribution in [-0.4, -0.2) is 42.1 Å². The van der Waals surface area contributed by atoms with E-state index in [1.807, 2.05) is 6.92 Å². The lowest BCUT2D eigenvalue weighted by molar-refractivity contribution is -0.141. The first kappa shape index (κ1) is 15.0. The van der Waals surface area contributed by atoms with Crippen LogP contribution in [0.25, 0.3) is 0 Å². The average Bonchev–Trinajstić information content (AvgIpc) is 2.78. The van der Waals surface area contributed by atoms with Crippen molar-refractivity contribution in [2.75, 3.05) is 13.1 Å². The van der Waals surface area contributed by atoms with Gasteiger partial charge >= 0.3 is 5.97 Å². The second-order valence-corrected chi connectivity index (χ2v) is 6.65. The van der Waals surface area contributed by atoms with Gasteiger partial charge in [0.2, 0.25) is 10.0 Å². The van der Waals surface area contributed by atoms with Crippen molar-refractivity contribution in [1.82, 2.24) is 4.31 Å². The number of rotatable bonds is 6. The van der Waals surface area contributed by atoms with Crippen LogP contribution in [0.3, 0.4) is 0 Å². The lowest BCUT2D eigenvalue weighted by Crippen LogP contribution is -2.42. The van der Waals surface area contributed by atoms with Crippen molar-refractivity contribution >= 4 is 16.0 Å². The van der Waals surface area contributed by atoms with Gasteiger partial charge in [-0.25, -0.2) is 8.42 Å². The zero-order valence-corrected chi connectivity index (χ0v) is 11.3. The van der Waals surface area contributed by atoms with Crippen LogP contribution in [0.1, 0.15) is 32.6 Å². The molecule has 0 spiro atoms. The molecule has 0 aromatic heterocycles. The Morgan fingerprint density at radius 2 is 2.17 bits per heavy atom. The second-order valence-electron chi connectivity index (χ2n) is 4.50. The van der Waals surface area contributed by atoms with Gasteiger partial charge in [-0.3, -0.25) is 4.79 Å². The summed E-state index contributed by atoms with van der Waals surface area (Å²) in [7, 11) is -3.61. The topological polar surface area (TPSA) is 74.7 Å². The summed E-state index contributed by atoms with van der Waals surface area (Å²) in [6.07, 6.45) is 7.30. The minimum Gasteiger partial charge on any atom is -0.481 e. The maximum atomic E-state index is 12.4. The number of terminal acetylenes is 1. The van der Waals surface area contributed by atoms with Gasteiger partial charge in [0.05, 0.1) is 17.7 Å². The molecule has 1 rings (SSSR count). The van der Waals surface area contributed by atoms with Crippen molar-refractivity contribution in [3.63, 3.8) is 0 Å². The number of carboxylic acids is 1. The summed E-state index contributed by atoms with van der Waals surface area (Å²) in [5.74, 6) is 0.497. The van der Waals surface area contributed by atoms with Gasteiger partial charge in [-0.1, -0.05) is 19.3 Å². The molecule has 0 aromatic carbocycles. The number of nitrogens with zero attached hydrogens (tertiary/aromatic N) is 1. The summed E-state index contributed by atoms with van der Waals surface area (Å²) in [4.78, 5) is 11.1. The predicted molar refractivity (Wildman–Crippen MR) is 68.4 cm³/mol. The van der Waals surface area contributed by atoms with Crippen LogP contribution in [0.5, 0.6) is 0 Å². The van der Waals surface area contributed by atoms with Gasteiger partial charge < -0.3 is 5.11 Å². The summed E-state index contributed by atoms with van der Waals surface area (Å²) in [5, 5.41) is 8.24. The van der Waals surface area contributed by atoms with Crippen molar-refractivity contribution in [2.45, 2.75) is 37.9 Å². The molecule has 1 fully saturated rings. The van der Waals surface area contributed by atoms with Crippen molar-refractivity contribution in [3.8, 4) is 12.3 Å². The molecule has 2 unspecified atom stereocenters. The van der Waals surface area contributed by atoms with E-state index in [2.05, 4.69) is 5.92 Å². The zero-order valence-electron chi connectivity index (χ0n) is 10.5. The summed E-state index contributed by atoms with van der Waals surface area (Å²) >= 11 is 0. The first-order valence-corrected chi connectivity index (χ1v) is 7.60. The third-order valence-electron chi connectivity index (χ3n) is 3.25. The SMILES string of the molecule is C#CCN(CCC)S(=O)(=O)C1CCCC1C(=O)O. The highest BCUT2D eigenvalue weighted by Gasteiger charge is 2.43. The standard InChI is InChI=1S/C12H19NO4S/c1-3-8-13(9-4-2)18(16,17)11-7-5-6-10(11)12(14)15/h1,10-11H,4-9H2,2H3,(H,14,15). The van der Waals surface area contributed by atoms with Crippen molar-refractivity contribution < 1.29 is 18.3 Å². The molecule has 5 nitrogen and oxygen atoms in total. The van der Waals surface area contributed by atoms with Gasteiger partial charge in [0.15, 0.2) is 0 Å². The fraction of sp³-hybridized carbons (Fsp3) is 0.750. The molecule has 102 valence electrons. The van der Waals surface area contributed by atoms with Crippen molar-refractivity contribution in [2.24, 2.45) is 5.92 Å². The molecule has 1 aliphatic rings. The highest BCUT2D eigenvalue weighted by Crippen LogP contribution is 2.33. The summed E-state index contributed by atoms with van der Waals surface area (Å²) in [6.45, 7) is 2.22. The first-order valence-electron chi connectivity index (χ1n) is 6.10. The van der Waals surface area contributed by atoms with Crippen LogP contribution < -0.4 is 0 Å². The van der Waals surface area contributed by atoms with Crippen LogP contribution in [0.4, 0.5) is 0 Å². The molecule has 0 radical (unpaired) electrons. The average molecular weight is 273 g/mol. The Morgan fingerprint density at radius 1 is 1.50 bits per heavy atom. The quantitative estimate of drug-likeness (QED) is 0.730. The van der Waals surface area contributed by atoms with Crippen LogP contribution in [0.15, 0.2) is 0 Å². The lowest BCUT2D eigenvalue weighted by atomic mass is 10.1. The summed E-state index contributed by atoms with van der Waals surface area (Å²) in [6, 6.07) is 0. The molecule has 0 aliphatic heterocycles. The third-order valence-corrected chi connectivity index (χ3v) is 5.61. The summed E-state index contributed by atoms with van der Waals surface area (Å²) < 4.78 is 26.0. The van der Waals surface area contributed by atoms with Crippen molar-refractivity contribution in [1.29, 1.82) is 0 Å². The van der Waals surface area contributed by atoms with E-state index < -0.39 is 27.2 Å². The Hall–Kier alpha value is -1.06. The fourth-order valence-corrected chi connectivity index (χ4v) is 4.61. The molecule has 0 saturated heterocycles. The Morgan fingerprint density at radius 3 is 2.67 bits per heavy atom. The lowest BCUT2D eigenvalue weighted by Gasteiger charge is -2.25. The number of sulfonamides is 1. The summed E-state index contributed by atoms with van der Waals surface area (Å²) in [5.41, 5.74) is 0. The van der Waals surface area contributed by atoms with Gasteiger partial charge in [-0.05, 0) is 19.3 Å². The number of hydrogen-bond acceptors (Lipinski definition) is 3. The smallest absolute Gasteiger partial charge is 0.307 e. The fourth-order valence-electron chi connectivity index (χ4n) is 2.40. The predicted octanol–water partition coefficient (Wildman–Crippen LogP) is 0.915. The number of carbonyl (C=O) groups is 1. The van der Waals surface area contributed by atoms with Crippen LogP contribution in [0, 0.1) is 18.3 Å². The minimum atomic E-state index is -3.61. The van der Waals surface area contributed by atoms with Gasteiger partial charge in [-0.15, -0.1) is 6.42 Å². The molecular formula is C12H19NO4S. The Balaban J connectivity index is 2.96. The first-order chi connectivity index (χ1) is 8.45. The third kappa shape index (κ3) is 3.03. The van der Waals surface area contributed by atoms with Gasteiger partial charge in [0, 0.05) is 6.54 Å². The van der Waals surface area contributed by atoms with Gasteiger partial charge in [0.1, 0.15) is 0 Å². The van der Waals surface area contributed by atoms with E-state index in [-0.39, 0.29) is 6.54 Å².